The molecule has 0 spiro atoms. The predicted molar refractivity (Wildman–Crippen MR) is 58.7 cm³/mol. The second kappa shape index (κ2) is 4.96. The van der Waals surface area contributed by atoms with Gasteiger partial charge < -0.3 is 10.8 Å². The summed E-state index contributed by atoms with van der Waals surface area (Å²) >= 11 is 13.2. The molecule has 2 nitrogen and oxygen atoms in total. The van der Waals surface area contributed by atoms with Crippen molar-refractivity contribution in [2.75, 3.05) is 18.1 Å². The second-order valence-electron chi connectivity index (χ2n) is 2.35. The molecule has 0 unspecified atom stereocenters. The van der Waals surface area contributed by atoms with Crippen molar-refractivity contribution >= 4 is 40.7 Å². The zero-order chi connectivity index (χ0) is 9.84. The zero-order valence-electron chi connectivity index (χ0n) is 6.76. The summed E-state index contributed by atoms with van der Waals surface area (Å²) in [6.07, 6.45) is 0. The van der Waals surface area contributed by atoms with Crippen molar-refractivity contribution in [3.63, 3.8) is 0 Å². The van der Waals surface area contributed by atoms with Gasteiger partial charge in [-0.15, -0.1) is 11.8 Å². The molecule has 0 aromatic heterocycles. The molecule has 3 N–H and O–H groups in total. The van der Waals surface area contributed by atoms with Gasteiger partial charge in [0.25, 0.3) is 0 Å². The number of rotatable bonds is 3. The molecule has 0 saturated heterocycles. The molecule has 13 heavy (non-hydrogen) atoms. The van der Waals surface area contributed by atoms with Crippen LogP contribution in [0.4, 0.5) is 5.69 Å². The fourth-order valence-electron chi connectivity index (χ4n) is 0.814. The van der Waals surface area contributed by atoms with Crippen LogP contribution in [-0.2, 0) is 0 Å². The minimum atomic E-state index is 0.114. The summed E-state index contributed by atoms with van der Waals surface area (Å²) in [6, 6.07) is 3.50. The number of hydrogen-bond donors (Lipinski definition) is 2. The van der Waals surface area contributed by atoms with Gasteiger partial charge in [-0.05, 0) is 12.1 Å². The van der Waals surface area contributed by atoms with E-state index in [0.29, 0.717) is 21.5 Å². The van der Waals surface area contributed by atoms with Crippen LogP contribution < -0.4 is 5.73 Å². The number of halogens is 2. The minimum absolute atomic E-state index is 0.114. The molecule has 5 heteroatoms. The van der Waals surface area contributed by atoms with Gasteiger partial charge in [0.1, 0.15) is 0 Å². The molecule has 0 fully saturated rings. The van der Waals surface area contributed by atoms with Crippen LogP contribution in [0.25, 0.3) is 0 Å². The maximum Gasteiger partial charge on any atom is 0.0832 e. The Balaban J connectivity index is 2.90. The van der Waals surface area contributed by atoms with E-state index < -0.39 is 0 Å². The number of thioether (sulfide) groups is 1. The zero-order valence-corrected chi connectivity index (χ0v) is 9.09. The molecular formula is C8H9Cl2NOS. The summed E-state index contributed by atoms with van der Waals surface area (Å²) in [5.41, 5.74) is 6.02. The topological polar surface area (TPSA) is 46.2 Å². The van der Waals surface area contributed by atoms with Gasteiger partial charge in [0, 0.05) is 10.6 Å². The van der Waals surface area contributed by atoms with Gasteiger partial charge >= 0.3 is 0 Å². The maximum absolute atomic E-state index is 8.62. The van der Waals surface area contributed by atoms with Crippen molar-refractivity contribution < 1.29 is 5.11 Å². The molecule has 0 atom stereocenters. The summed E-state index contributed by atoms with van der Waals surface area (Å²) < 4.78 is 0. The highest BCUT2D eigenvalue weighted by Gasteiger charge is 2.07. The quantitative estimate of drug-likeness (QED) is 0.628. The summed E-state index contributed by atoms with van der Waals surface area (Å²) in [7, 11) is 0. The number of anilines is 1. The van der Waals surface area contributed by atoms with Crippen LogP contribution in [0.5, 0.6) is 0 Å². The Morgan fingerprint density at radius 2 is 2.00 bits per heavy atom. The third-order valence-electron chi connectivity index (χ3n) is 1.43. The van der Waals surface area contributed by atoms with Gasteiger partial charge in [-0.1, -0.05) is 23.2 Å². The van der Waals surface area contributed by atoms with Crippen molar-refractivity contribution in [1.29, 1.82) is 0 Å². The Hall–Kier alpha value is -0.0900. The second-order valence-corrected chi connectivity index (χ2v) is 4.25. The number of aliphatic hydroxyl groups is 1. The first kappa shape index (κ1) is 11.0. The highest BCUT2D eigenvalue weighted by atomic mass is 35.5. The highest BCUT2D eigenvalue weighted by Crippen LogP contribution is 2.36. The highest BCUT2D eigenvalue weighted by molar-refractivity contribution is 7.99. The number of hydrogen-bond acceptors (Lipinski definition) is 3. The van der Waals surface area contributed by atoms with Crippen molar-refractivity contribution in [3.05, 3.63) is 22.2 Å². The van der Waals surface area contributed by atoms with E-state index in [9.17, 15) is 0 Å². The van der Waals surface area contributed by atoms with Crippen LogP contribution in [0.3, 0.4) is 0 Å². The van der Waals surface area contributed by atoms with Gasteiger partial charge in [0.2, 0.25) is 0 Å². The van der Waals surface area contributed by atoms with Crippen molar-refractivity contribution in [3.8, 4) is 0 Å². The summed E-state index contributed by atoms with van der Waals surface area (Å²) in [4.78, 5) is 0.843. The lowest BCUT2D eigenvalue weighted by Crippen LogP contribution is -1.90. The third kappa shape index (κ3) is 2.68. The van der Waals surface area contributed by atoms with E-state index in [2.05, 4.69) is 0 Å². The lowest BCUT2D eigenvalue weighted by atomic mass is 10.3. The Kier molecular flexibility index (Phi) is 4.19. The van der Waals surface area contributed by atoms with Crippen LogP contribution in [0.15, 0.2) is 17.0 Å². The van der Waals surface area contributed by atoms with Gasteiger partial charge in [0.15, 0.2) is 0 Å². The van der Waals surface area contributed by atoms with E-state index >= 15 is 0 Å². The molecular weight excluding hydrogens is 229 g/mol. The summed E-state index contributed by atoms with van der Waals surface area (Å²) in [5.74, 6) is 0.597. The number of benzene rings is 1. The molecule has 0 saturated carbocycles. The van der Waals surface area contributed by atoms with Gasteiger partial charge in [0.05, 0.1) is 22.3 Å². The Morgan fingerprint density at radius 1 is 1.31 bits per heavy atom. The van der Waals surface area contributed by atoms with Crippen LogP contribution in [0, 0.1) is 0 Å². The molecule has 1 aromatic rings. The molecule has 0 amide bonds. The van der Waals surface area contributed by atoms with Gasteiger partial charge in [-0.25, -0.2) is 0 Å². The van der Waals surface area contributed by atoms with Crippen molar-refractivity contribution in [2.45, 2.75) is 4.90 Å². The fourth-order valence-corrected chi connectivity index (χ4v) is 2.07. The standard InChI is InChI=1S/C8H9Cl2NOS/c9-7-5(11)1-2-6(8(7)10)13-4-3-12/h1-2,12H,3-4,11H2. The number of aliphatic hydroxyl groups excluding tert-OH is 1. The molecule has 72 valence electrons. The Labute approximate surface area is 91.0 Å². The van der Waals surface area contributed by atoms with Crippen LogP contribution in [-0.4, -0.2) is 17.5 Å². The molecule has 0 bridgehead atoms. The van der Waals surface area contributed by atoms with Gasteiger partial charge in [-0.3, -0.25) is 0 Å². The molecule has 1 rings (SSSR count). The lowest BCUT2D eigenvalue weighted by Gasteiger charge is -2.06. The average molecular weight is 238 g/mol. The van der Waals surface area contributed by atoms with Crippen molar-refractivity contribution in [1.82, 2.24) is 0 Å². The van der Waals surface area contributed by atoms with Crippen LogP contribution >= 0.6 is 35.0 Å². The molecule has 0 aliphatic heterocycles. The SMILES string of the molecule is Nc1ccc(SCCO)c(Cl)c1Cl. The predicted octanol–water partition coefficient (Wildman–Crippen LogP) is 2.66. The largest absolute Gasteiger partial charge is 0.397 e. The first-order chi connectivity index (χ1) is 6.16. The summed E-state index contributed by atoms with van der Waals surface area (Å²) in [5, 5.41) is 9.46. The van der Waals surface area contributed by atoms with E-state index in [4.69, 9.17) is 34.0 Å². The van der Waals surface area contributed by atoms with E-state index in [1.807, 2.05) is 0 Å². The van der Waals surface area contributed by atoms with Gasteiger partial charge in [-0.2, -0.15) is 0 Å². The fraction of sp³-hybridized carbons (Fsp3) is 0.250. The molecule has 0 radical (unpaired) electrons. The average Bonchev–Trinajstić information content (AvgIpc) is 2.13. The third-order valence-corrected chi connectivity index (χ3v) is 3.47. The molecule has 1 aromatic carbocycles. The monoisotopic (exact) mass is 237 g/mol. The normalized spacial score (nSPS) is 10.4. The van der Waals surface area contributed by atoms with Crippen molar-refractivity contribution in [2.24, 2.45) is 0 Å². The Bertz CT molecular complexity index is 306. The van der Waals surface area contributed by atoms with E-state index in [1.165, 1.54) is 11.8 Å². The molecule has 0 heterocycles. The van der Waals surface area contributed by atoms with E-state index in [1.54, 1.807) is 12.1 Å². The summed E-state index contributed by atoms with van der Waals surface area (Å²) in [6.45, 7) is 0.114. The molecule has 0 aliphatic rings. The smallest absolute Gasteiger partial charge is 0.0832 e. The lowest BCUT2D eigenvalue weighted by molar-refractivity contribution is 0.322. The maximum atomic E-state index is 8.62. The minimum Gasteiger partial charge on any atom is -0.397 e. The van der Waals surface area contributed by atoms with E-state index in [0.717, 1.165) is 4.90 Å². The Morgan fingerprint density at radius 3 is 2.62 bits per heavy atom. The first-order valence-electron chi connectivity index (χ1n) is 3.64. The van der Waals surface area contributed by atoms with E-state index in [-0.39, 0.29) is 6.61 Å². The van der Waals surface area contributed by atoms with Crippen LogP contribution in [0.1, 0.15) is 0 Å². The number of nitrogens with two attached hydrogens (primary N) is 1. The number of nitrogen functional groups attached to an aromatic ring is 1. The van der Waals surface area contributed by atoms with Crippen LogP contribution in [0.2, 0.25) is 10.0 Å². The molecule has 0 aliphatic carbocycles. The first-order valence-corrected chi connectivity index (χ1v) is 5.38.